The summed E-state index contributed by atoms with van der Waals surface area (Å²) in [7, 11) is -3.12. The molecule has 19 heavy (non-hydrogen) atoms. The average Bonchev–Trinajstić information content (AvgIpc) is 2.35. The van der Waals surface area contributed by atoms with Crippen LogP contribution in [0, 0.1) is 5.82 Å². The first kappa shape index (κ1) is 15.6. The van der Waals surface area contributed by atoms with E-state index in [1.807, 2.05) is 0 Å². The van der Waals surface area contributed by atoms with Crippen LogP contribution in [0.4, 0.5) is 4.39 Å². The van der Waals surface area contributed by atoms with E-state index in [1.54, 1.807) is 13.0 Å². The van der Waals surface area contributed by atoms with Crippen LogP contribution in [-0.4, -0.2) is 31.0 Å². The van der Waals surface area contributed by atoms with Crippen LogP contribution < -0.4 is 0 Å². The van der Waals surface area contributed by atoms with Gasteiger partial charge < -0.3 is 5.11 Å². The van der Waals surface area contributed by atoms with Crippen LogP contribution in [0.3, 0.4) is 0 Å². The Morgan fingerprint density at radius 3 is 2.53 bits per heavy atom. The number of halogens is 1. The second-order valence-corrected chi connectivity index (χ2v) is 6.76. The second kappa shape index (κ2) is 6.65. The summed E-state index contributed by atoms with van der Waals surface area (Å²) in [5, 5.41) is 9.12. The van der Waals surface area contributed by atoms with Gasteiger partial charge >= 0.3 is 5.97 Å². The van der Waals surface area contributed by atoms with Gasteiger partial charge in [0.2, 0.25) is 0 Å². The van der Waals surface area contributed by atoms with Gasteiger partial charge in [-0.25, -0.2) is 12.8 Å². The van der Waals surface area contributed by atoms with Gasteiger partial charge in [0.1, 0.15) is 15.7 Å². The molecule has 4 nitrogen and oxygen atoms in total. The van der Waals surface area contributed by atoms with Gasteiger partial charge in [-0.2, -0.15) is 0 Å². The zero-order valence-electron chi connectivity index (χ0n) is 10.7. The number of rotatable bonds is 7. The Bertz CT molecular complexity index is 539. The molecule has 0 aliphatic rings. The van der Waals surface area contributed by atoms with E-state index in [0.717, 1.165) is 0 Å². The predicted octanol–water partition coefficient (Wildman–Crippen LogP) is 2.21. The van der Waals surface area contributed by atoms with Crippen molar-refractivity contribution in [3.63, 3.8) is 0 Å². The molecule has 0 radical (unpaired) electrons. The van der Waals surface area contributed by atoms with Gasteiger partial charge in [-0.15, -0.1) is 0 Å². The molecule has 1 N–H and O–H groups in total. The average molecular weight is 288 g/mol. The van der Waals surface area contributed by atoms with Crippen LogP contribution in [-0.2, 0) is 14.6 Å². The van der Waals surface area contributed by atoms with Crippen molar-refractivity contribution in [1.29, 1.82) is 0 Å². The molecule has 0 saturated carbocycles. The van der Waals surface area contributed by atoms with Gasteiger partial charge in [-0.3, -0.25) is 4.79 Å². The molecule has 106 valence electrons. The molecule has 0 amide bonds. The van der Waals surface area contributed by atoms with Crippen LogP contribution in [0.1, 0.15) is 31.2 Å². The van der Waals surface area contributed by atoms with Crippen molar-refractivity contribution < 1.29 is 22.7 Å². The third kappa shape index (κ3) is 4.63. The summed E-state index contributed by atoms with van der Waals surface area (Å²) in [5.41, 5.74) is 0.101. The fourth-order valence-corrected chi connectivity index (χ4v) is 2.72. The zero-order valence-corrected chi connectivity index (χ0v) is 11.5. The topological polar surface area (TPSA) is 71.4 Å². The van der Waals surface area contributed by atoms with Crippen molar-refractivity contribution in [2.75, 3.05) is 11.5 Å². The first-order chi connectivity index (χ1) is 8.87. The molecule has 0 aliphatic heterocycles. The standard InChI is InChI=1S/C13H17FO4S/c1-2-19(17,18)9-5-7-11(13(15)16)10-6-3-4-8-12(10)14/h3-4,6,8,11H,2,5,7,9H2,1H3,(H,15,16). The number of carbonyl (C=O) groups is 1. The summed E-state index contributed by atoms with van der Waals surface area (Å²) >= 11 is 0. The SMILES string of the molecule is CCS(=O)(=O)CCCC(C(=O)O)c1ccccc1F. The minimum Gasteiger partial charge on any atom is -0.481 e. The predicted molar refractivity (Wildman–Crippen MR) is 70.3 cm³/mol. The number of hydrogen-bond acceptors (Lipinski definition) is 3. The number of carboxylic acids is 1. The lowest BCUT2D eigenvalue weighted by Gasteiger charge is -2.13. The van der Waals surface area contributed by atoms with Gasteiger partial charge in [0, 0.05) is 11.3 Å². The van der Waals surface area contributed by atoms with Crippen molar-refractivity contribution >= 4 is 15.8 Å². The van der Waals surface area contributed by atoms with Crippen molar-refractivity contribution in [3.8, 4) is 0 Å². The minimum absolute atomic E-state index is 0.0322. The molecule has 1 rings (SSSR count). The highest BCUT2D eigenvalue weighted by molar-refractivity contribution is 7.91. The highest BCUT2D eigenvalue weighted by atomic mass is 32.2. The summed E-state index contributed by atoms with van der Waals surface area (Å²) in [6.07, 6.45) is 0.316. The first-order valence-electron chi connectivity index (χ1n) is 6.05. The Morgan fingerprint density at radius 1 is 1.37 bits per heavy atom. The Labute approximate surface area is 112 Å². The molecule has 0 spiro atoms. The van der Waals surface area contributed by atoms with Gasteiger partial charge in [-0.05, 0) is 18.9 Å². The highest BCUT2D eigenvalue weighted by Gasteiger charge is 2.23. The van der Waals surface area contributed by atoms with Gasteiger partial charge in [0.15, 0.2) is 0 Å². The maximum absolute atomic E-state index is 13.5. The van der Waals surface area contributed by atoms with Gasteiger partial charge in [0.25, 0.3) is 0 Å². The normalized spacial score (nSPS) is 13.2. The molecule has 0 saturated heterocycles. The van der Waals surface area contributed by atoms with Crippen molar-refractivity contribution in [2.45, 2.75) is 25.7 Å². The fourth-order valence-electron chi connectivity index (χ4n) is 1.82. The fraction of sp³-hybridized carbons (Fsp3) is 0.462. The van der Waals surface area contributed by atoms with Crippen molar-refractivity contribution in [1.82, 2.24) is 0 Å². The van der Waals surface area contributed by atoms with E-state index in [1.165, 1.54) is 18.2 Å². The number of carboxylic acid groups (broad SMARTS) is 1. The summed E-state index contributed by atoms with van der Waals surface area (Å²) in [4.78, 5) is 11.2. The molecule has 0 bridgehead atoms. The van der Waals surface area contributed by atoms with E-state index in [9.17, 15) is 17.6 Å². The Kier molecular flexibility index (Phi) is 5.47. The largest absolute Gasteiger partial charge is 0.481 e. The second-order valence-electron chi connectivity index (χ2n) is 4.29. The van der Waals surface area contributed by atoms with E-state index in [4.69, 9.17) is 5.11 Å². The molecule has 0 fully saturated rings. The lowest BCUT2D eigenvalue weighted by Crippen LogP contribution is -2.16. The maximum atomic E-state index is 13.5. The van der Waals surface area contributed by atoms with Gasteiger partial charge in [-0.1, -0.05) is 25.1 Å². The van der Waals surface area contributed by atoms with E-state index < -0.39 is 27.5 Å². The highest BCUT2D eigenvalue weighted by Crippen LogP contribution is 2.24. The van der Waals surface area contributed by atoms with Crippen LogP contribution in [0.5, 0.6) is 0 Å². The molecular formula is C13H17FO4S. The number of sulfone groups is 1. The van der Waals surface area contributed by atoms with E-state index >= 15 is 0 Å². The zero-order chi connectivity index (χ0) is 14.5. The number of aliphatic carboxylic acids is 1. The molecule has 0 aliphatic carbocycles. The molecule has 1 unspecified atom stereocenters. The molecule has 6 heteroatoms. The van der Waals surface area contributed by atoms with Crippen LogP contribution >= 0.6 is 0 Å². The molecule has 1 aromatic rings. The summed E-state index contributed by atoms with van der Waals surface area (Å²) in [6, 6.07) is 5.67. The third-order valence-electron chi connectivity index (χ3n) is 2.97. The van der Waals surface area contributed by atoms with E-state index in [2.05, 4.69) is 0 Å². The molecule has 1 atom stereocenters. The van der Waals surface area contributed by atoms with E-state index in [0.29, 0.717) is 0 Å². The van der Waals surface area contributed by atoms with Crippen LogP contribution in [0.2, 0.25) is 0 Å². The Balaban J connectivity index is 2.76. The monoisotopic (exact) mass is 288 g/mol. The Morgan fingerprint density at radius 2 is 2.00 bits per heavy atom. The summed E-state index contributed by atoms with van der Waals surface area (Å²) < 4.78 is 36.2. The summed E-state index contributed by atoms with van der Waals surface area (Å²) in [5.74, 6) is -2.76. The number of benzene rings is 1. The minimum atomic E-state index is -3.12. The smallest absolute Gasteiger partial charge is 0.311 e. The van der Waals surface area contributed by atoms with Crippen molar-refractivity contribution in [3.05, 3.63) is 35.6 Å². The van der Waals surface area contributed by atoms with Gasteiger partial charge in [0.05, 0.1) is 11.7 Å². The number of hydrogen-bond donors (Lipinski definition) is 1. The van der Waals surface area contributed by atoms with E-state index in [-0.39, 0.29) is 29.9 Å². The lowest BCUT2D eigenvalue weighted by atomic mass is 9.94. The third-order valence-corrected chi connectivity index (χ3v) is 4.76. The quantitative estimate of drug-likeness (QED) is 0.835. The first-order valence-corrected chi connectivity index (χ1v) is 7.87. The summed E-state index contributed by atoms with van der Waals surface area (Å²) in [6.45, 7) is 1.54. The van der Waals surface area contributed by atoms with Crippen LogP contribution in [0.25, 0.3) is 0 Å². The van der Waals surface area contributed by atoms with Crippen LogP contribution in [0.15, 0.2) is 24.3 Å². The Hall–Kier alpha value is -1.43. The molecule has 1 aromatic carbocycles. The molecular weight excluding hydrogens is 271 g/mol. The van der Waals surface area contributed by atoms with Crippen molar-refractivity contribution in [2.24, 2.45) is 0 Å². The maximum Gasteiger partial charge on any atom is 0.311 e. The molecule has 0 aromatic heterocycles. The lowest BCUT2D eigenvalue weighted by molar-refractivity contribution is -0.139. The molecule has 0 heterocycles.